The van der Waals surface area contributed by atoms with Crippen molar-refractivity contribution in [2.75, 3.05) is 20.1 Å². The molecule has 104 valence electrons. The number of nitrogens with zero attached hydrogens (tertiary/aromatic N) is 1. The molecule has 1 rings (SSSR count). The minimum absolute atomic E-state index is 0.176. The molecule has 2 nitrogen and oxygen atoms in total. The van der Waals surface area contributed by atoms with Gasteiger partial charge in [-0.2, -0.15) is 0 Å². The van der Waals surface area contributed by atoms with Gasteiger partial charge in [-0.1, -0.05) is 20.8 Å². The van der Waals surface area contributed by atoms with Crippen LogP contribution in [0, 0.1) is 6.92 Å². The summed E-state index contributed by atoms with van der Waals surface area (Å²) in [6.07, 6.45) is 1.15. The zero-order valence-corrected chi connectivity index (χ0v) is 13.5. The minimum atomic E-state index is 0.176. The van der Waals surface area contributed by atoms with Crippen LogP contribution >= 0.6 is 11.3 Å². The lowest BCUT2D eigenvalue weighted by Crippen LogP contribution is -2.53. The Morgan fingerprint density at radius 1 is 1.28 bits per heavy atom. The molecule has 0 fully saturated rings. The SMILES string of the molecule is CCN(CC)C(C)(CC)C(NC)c1ccc(C)s1. The molecule has 3 heteroatoms. The van der Waals surface area contributed by atoms with Gasteiger partial charge < -0.3 is 5.32 Å². The molecule has 0 bridgehead atoms. The summed E-state index contributed by atoms with van der Waals surface area (Å²) in [7, 11) is 2.08. The number of rotatable bonds is 7. The molecule has 2 unspecified atom stereocenters. The zero-order valence-electron chi connectivity index (χ0n) is 12.7. The van der Waals surface area contributed by atoms with Crippen LogP contribution < -0.4 is 5.32 Å². The van der Waals surface area contributed by atoms with Crippen LogP contribution in [-0.2, 0) is 0 Å². The van der Waals surface area contributed by atoms with E-state index in [1.54, 1.807) is 0 Å². The molecule has 0 aromatic carbocycles. The Hall–Kier alpha value is -0.380. The summed E-state index contributed by atoms with van der Waals surface area (Å²) in [5.74, 6) is 0. The van der Waals surface area contributed by atoms with Gasteiger partial charge in [-0.15, -0.1) is 11.3 Å². The van der Waals surface area contributed by atoms with Crippen molar-refractivity contribution in [2.45, 2.75) is 52.6 Å². The van der Waals surface area contributed by atoms with Crippen LogP contribution in [-0.4, -0.2) is 30.6 Å². The molecule has 1 aromatic heterocycles. The van der Waals surface area contributed by atoms with Crippen molar-refractivity contribution in [1.82, 2.24) is 10.2 Å². The Morgan fingerprint density at radius 2 is 1.89 bits per heavy atom. The van der Waals surface area contributed by atoms with E-state index in [0.29, 0.717) is 6.04 Å². The van der Waals surface area contributed by atoms with Crippen LogP contribution in [0.2, 0.25) is 0 Å². The number of nitrogens with one attached hydrogen (secondary N) is 1. The third-order valence-corrected chi connectivity index (χ3v) is 5.22. The van der Waals surface area contributed by atoms with Gasteiger partial charge in [-0.25, -0.2) is 0 Å². The number of hydrogen-bond acceptors (Lipinski definition) is 3. The summed E-state index contributed by atoms with van der Waals surface area (Å²) in [5, 5.41) is 3.54. The third kappa shape index (κ3) is 2.95. The lowest BCUT2D eigenvalue weighted by Gasteiger charge is -2.45. The molecule has 0 aliphatic heterocycles. The van der Waals surface area contributed by atoms with Crippen LogP contribution in [0.15, 0.2) is 12.1 Å². The minimum Gasteiger partial charge on any atom is -0.311 e. The molecule has 1 heterocycles. The molecule has 2 atom stereocenters. The number of aryl methyl sites for hydroxylation is 1. The summed E-state index contributed by atoms with van der Waals surface area (Å²) in [5.41, 5.74) is 0.176. The van der Waals surface area contributed by atoms with E-state index in [0.717, 1.165) is 19.5 Å². The lowest BCUT2D eigenvalue weighted by atomic mass is 9.86. The second-order valence-electron chi connectivity index (χ2n) is 5.05. The maximum atomic E-state index is 3.54. The molecule has 0 saturated heterocycles. The third-order valence-electron chi connectivity index (χ3n) is 4.16. The summed E-state index contributed by atoms with van der Waals surface area (Å²) in [6.45, 7) is 13.6. The monoisotopic (exact) mass is 268 g/mol. The van der Waals surface area contributed by atoms with Gasteiger partial charge in [-0.3, -0.25) is 4.90 Å². The van der Waals surface area contributed by atoms with Gasteiger partial charge in [0.1, 0.15) is 0 Å². The highest BCUT2D eigenvalue weighted by Gasteiger charge is 2.37. The van der Waals surface area contributed by atoms with Gasteiger partial charge in [0, 0.05) is 15.3 Å². The second kappa shape index (κ2) is 6.69. The van der Waals surface area contributed by atoms with Crippen LogP contribution in [0.25, 0.3) is 0 Å². The summed E-state index contributed by atoms with van der Waals surface area (Å²) < 4.78 is 0. The van der Waals surface area contributed by atoms with Gasteiger partial charge in [0.05, 0.1) is 6.04 Å². The molecule has 0 aliphatic rings. The van der Waals surface area contributed by atoms with Crippen molar-refractivity contribution in [2.24, 2.45) is 0 Å². The van der Waals surface area contributed by atoms with Crippen LogP contribution in [0.5, 0.6) is 0 Å². The van der Waals surface area contributed by atoms with Crippen molar-refractivity contribution >= 4 is 11.3 Å². The fourth-order valence-electron chi connectivity index (χ4n) is 2.92. The second-order valence-corrected chi connectivity index (χ2v) is 6.37. The normalized spacial score (nSPS) is 16.8. The molecular formula is C15H28N2S. The Balaban J connectivity index is 3.10. The smallest absolute Gasteiger partial charge is 0.0596 e. The van der Waals surface area contributed by atoms with E-state index in [1.165, 1.54) is 9.75 Å². The van der Waals surface area contributed by atoms with Gasteiger partial charge in [0.25, 0.3) is 0 Å². The highest BCUT2D eigenvalue weighted by Crippen LogP contribution is 2.36. The van der Waals surface area contributed by atoms with E-state index in [9.17, 15) is 0 Å². The predicted molar refractivity (Wildman–Crippen MR) is 82.5 cm³/mol. The summed E-state index contributed by atoms with van der Waals surface area (Å²) in [4.78, 5) is 5.41. The maximum absolute atomic E-state index is 3.54. The first-order valence-corrected chi connectivity index (χ1v) is 7.83. The van der Waals surface area contributed by atoms with Crippen molar-refractivity contribution in [3.63, 3.8) is 0 Å². The average molecular weight is 268 g/mol. The van der Waals surface area contributed by atoms with Crippen molar-refractivity contribution in [3.8, 4) is 0 Å². The lowest BCUT2D eigenvalue weighted by molar-refractivity contribution is 0.0741. The van der Waals surface area contributed by atoms with Gasteiger partial charge in [-0.05, 0) is 52.5 Å². The van der Waals surface area contributed by atoms with E-state index < -0.39 is 0 Å². The molecule has 1 N–H and O–H groups in total. The van der Waals surface area contributed by atoms with E-state index in [4.69, 9.17) is 0 Å². The molecule has 0 radical (unpaired) electrons. The Morgan fingerprint density at radius 3 is 2.22 bits per heavy atom. The Labute approximate surface area is 116 Å². The number of hydrogen-bond donors (Lipinski definition) is 1. The van der Waals surface area contributed by atoms with Crippen LogP contribution in [0.1, 0.15) is 49.9 Å². The van der Waals surface area contributed by atoms with Gasteiger partial charge in [0.15, 0.2) is 0 Å². The van der Waals surface area contributed by atoms with E-state index in [2.05, 4.69) is 64.0 Å². The quantitative estimate of drug-likeness (QED) is 0.808. The predicted octanol–water partition coefficient (Wildman–Crippen LogP) is 3.83. The summed E-state index contributed by atoms with van der Waals surface area (Å²) in [6, 6.07) is 4.91. The first kappa shape index (κ1) is 15.7. The Bertz CT molecular complexity index is 357. The number of likely N-dealkylation sites (N-methyl/N-ethyl adjacent to an activating group) is 2. The highest BCUT2D eigenvalue weighted by molar-refractivity contribution is 7.12. The first-order chi connectivity index (χ1) is 8.53. The fraction of sp³-hybridized carbons (Fsp3) is 0.733. The Kier molecular flexibility index (Phi) is 5.83. The van der Waals surface area contributed by atoms with Crippen LogP contribution in [0.4, 0.5) is 0 Å². The topological polar surface area (TPSA) is 15.3 Å². The van der Waals surface area contributed by atoms with Crippen molar-refractivity contribution in [1.29, 1.82) is 0 Å². The highest BCUT2D eigenvalue weighted by atomic mass is 32.1. The largest absolute Gasteiger partial charge is 0.311 e. The van der Waals surface area contributed by atoms with Gasteiger partial charge in [0.2, 0.25) is 0 Å². The molecule has 0 aliphatic carbocycles. The van der Waals surface area contributed by atoms with Crippen molar-refractivity contribution < 1.29 is 0 Å². The van der Waals surface area contributed by atoms with E-state index >= 15 is 0 Å². The molecular weight excluding hydrogens is 240 g/mol. The van der Waals surface area contributed by atoms with Crippen molar-refractivity contribution in [3.05, 3.63) is 21.9 Å². The molecule has 0 saturated carbocycles. The first-order valence-electron chi connectivity index (χ1n) is 7.02. The van der Waals surface area contributed by atoms with Gasteiger partial charge >= 0.3 is 0 Å². The summed E-state index contributed by atoms with van der Waals surface area (Å²) >= 11 is 1.91. The van der Waals surface area contributed by atoms with E-state index in [1.807, 2.05) is 11.3 Å². The maximum Gasteiger partial charge on any atom is 0.0596 e. The van der Waals surface area contributed by atoms with E-state index in [-0.39, 0.29) is 5.54 Å². The zero-order chi connectivity index (χ0) is 13.8. The van der Waals surface area contributed by atoms with Crippen LogP contribution in [0.3, 0.4) is 0 Å². The molecule has 18 heavy (non-hydrogen) atoms. The standard InChI is InChI=1S/C15H28N2S/c1-7-15(5,17(8-2)9-3)14(16-6)13-11-10-12(4)18-13/h10-11,14,16H,7-9H2,1-6H3. The number of thiophene rings is 1. The molecule has 0 spiro atoms. The molecule has 1 aromatic rings. The molecule has 0 amide bonds. The fourth-order valence-corrected chi connectivity index (χ4v) is 4.06. The average Bonchev–Trinajstić information content (AvgIpc) is 2.78.